The van der Waals surface area contributed by atoms with Crippen molar-refractivity contribution in [3.05, 3.63) is 0 Å². The first-order valence-corrected chi connectivity index (χ1v) is 6.62. The molecule has 1 aliphatic heterocycles. The minimum atomic E-state index is -0.993. The Bertz CT molecular complexity index is 230. The summed E-state index contributed by atoms with van der Waals surface area (Å²) >= 11 is 0. The van der Waals surface area contributed by atoms with Gasteiger partial charge >= 0.3 is 0 Å². The van der Waals surface area contributed by atoms with Gasteiger partial charge in [0.25, 0.3) is 5.97 Å². The van der Waals surface area contributed by atoms with Crippen LogP contribution in [-0.2, 0) is 19.0 Å². The summed E-state index contributed by atoms with van der Waals surface area (Å²) in [7, 11) is 0. The van der Waals surface area contributed by atoms with Crippen molar-refractivity contribution in [3.63, 3.8) is 0 Å². The number of ether oxygens (including phenoxy) is 3. The van der Waals surface area contributed by atoms with Gasteiger partial charge in [-0.3, -0.25) is 4.79 Å². The molecule has 1 saturated heterocycles. The molecule has 17 heavy (non-hydrogen) atoms. The fraction of sp³-hybridized carbons (Fsp3) is 0.923. The third kappa shape index (κ3) is 3.76. The summed E-state index contributed by atoms with van der Waals surface area (Å²) in [4.78, 5) is 11.2. The Morgan fingerprint density at radius 3 is 2.41 bits per heavy atom. The van der Waals surface area contributed by atoms with E-state index >= 15 is 0 Å². The number of carbonyl (C=O) groups excluding carboxylic acids is 1. The van der Waals surface area contributed by atoms with Crippen molar-refractivity contribution in [2.75, 3.05) is 19.8 Å². The van der Waals surface area contributed by atoms with Crippen LogP contribution >= 0.6 is 0 Å². The first kappa shape index (κ1) is 14.6. The predicted octanol–water partition coefficient (Wildman–Crippen LogP) is 2.51. The highest BCUT2D eigenvalue weighted by Crippen LogP contribution is 2.34. The Balaban J connectivity index is 2.70. The molecule has 1 rings (SSSR count). The van der Waals surface area contributed by atoms with E-state index in [0.29, 0.717) is 6.61 Å². The fourth-order valence-corrected chi connectivity index (χ4v) is 2.17. The lowest BCUT2D eigenvalue weighted by molar-refractivity contribution is -0.410. The van der Waals surface area contributed by atoms with E-state index in [1.807, 2.05) is 6.92 Å². The first-order chi connectivity index (χ1) is 8.18. The molecule has 0 spiro atoms. The molecule has 0 N–H and O–H groups in total. The fourth-order valence-electron chi connectivity index (χ4n) is 2.17. The van der Waals surface area contributed by atoms with Gasteiger partial charge in [-0.25, -0.2) is 0 Å². The van der Waals surface area contributed by atoms with E-state index < -0.39 is 5.97 Å². The summed E-state index contributed by atoms with van der Waals surface area (Å²) in [5, 5.41) is 0. The predicted molar refractivity (Wildman–Crippen MR) is 64.6 cm³/mol. The number of Topliss-reactive ketones (excluding diaryl/α,β-unsaturated/α-hetero) is 1. The monoisotopic (exact) mass is 244 g/mol. The molecule has 0 amide bonds. The Morgan fingerprint density at radius 1 is 1.29 bits per heavy atom. The highest BCUT2D eigenvalue weighted by Gasteiger charge is 2.44. The second kappa shape index (κ2) is 7.09. The van der Waals surface area contributed by atoms with Gasteiger partial charge in [0.15, 0.2) is 5.78 Å². The highest BCUT2D eigenvalue weighted by molar-refractivity contribution is 5.81. The van der Waals surface area contributed by atoms with Crippen LogP contribution in [0.5, 0.6) is 0 Å². The topological polar surface area (TPSA) is 44.8 Å². The minimum Gasteiger partial charge on any atom is -0.328 e. The molecule has 0 saturated carbocycles. The standard InChI is InChI=1S/C13H24O4/c1-4-7-8-11(5-2)13(15-6-3)16-9-12(14)10-17-13/h11H,4-10H2,1-3H3. The Labute approximate surface area is 104 Å². The third-order valence-electron chi connectivity index (χ3n) is 3.11. The Hall–Kier alpha value is -0.450. The van der Waals surface area contributed by atoms with E-state index in [4.69, 9.17) is 14.2 Å². The van der Waals surface area contributed by atoms with Crippen molar-refractivity contribution in [2.45, 2.75) is 52.4 Å². The van der Waals surface area contributed by atoms with Crippen LogP contribution in [0.15, 0.2) is 0 Å². The summed E-state index contributed by atoms with van der Waals surface area (Å²) in [6, 6.07) is 0. The average molecular weight is 244 g/mol. The van der Waals surface area contributed by atoms with Gasteiger partial charge in [0, 0.05) is 12.5 Å². The molecule has 0 aromatic rings. The van der Waals surface area contributed by atoms with E-state index in [-0.39, 0.29) is 24.9 Å². The summed E-state index contributed by atoms with van der Waals surface area (Å²) in [6.45, 7) is 6.90. The number of rotatable bonds is 7. The van der Waals surface area contributed by atoms with Crippen molar-refractivity contribution in [2.24, 2.45) is 5.92 Å². The van der Waals surface area contributed by atoms with Crippen LogP contribution < -0.4 is 0 Å². The summed E-state index contributed by atoms with van der Waals surface area (Å²) in [5.41, 5.74) is 0. The van der Waals surface area contributed by atoms with Gasteiger partial charge in [-0.1, -0.05) is 26.7 Å². The van der Waals surface area contributed by atoms with Crippen LogP contribution in [0.3, 0.4) is 0 Å². The molecule has 0 aromatic carbocycles. The normalized spacial score (nSPS) is 21.5. The van der Waals surface area contributed by atoms with Crippen molar-refractivity contribution >= 4 is 5.78 Å². The van der Waals surface area contributed by atoms with Crippen LogP contribution in [0.2, 0.25) is 0 Å². The van der Waals surface area contributed by atoms with Gasteiger partial charge in [-0.15, -0.1) is 0 Å². The first-order valence-electron chi connectivity index (χ1n) is 6.62. The van der Waals surface area contributed by atoms with Gasteiger partial charge in [0.1, 0.15) is 13.2 Å². The SMILES string of the molecule is CCCCC(CC)C1(OCC)OCC(=O)CO1. The molecule has 1 unspecified atom stereocenters. The number of ketones is 1. The molecule has 1 fully saturated rings. The van der Waals surface area contributed by atoms with Gasteiger partial charge in [0.05, 0.1) is 0 Å². The molecular weight excluding hydrogens is 220 g/mol. The van der Waals surface area contributed by atoms with Crippen molar-refractivity contribution in [1.29, 1.82) is 0 Å². The smallest absolute Gasteiger partial charge is 0.286 e. The summed E-state index contributed by atoms with van der Waals surface area (Å²) < 4.78 is 16.8. The third-order valence-corrected chi connectivity index (χ3v) is 3.11. The van der Waals surface area contributed by atoms with Crippen LogP contribution in [0, 0.1) is 5.92 Å². The van der Waals surface area contributed by atoms with Gasteiger partial charge < -0.3 is 14.2 Å². The van der Waals surface area contributed by atoms with Crippen LogP contribution in [0.1, 0.15) is 46.5 Å². The lowest BCUT2D eigenvalue weighted by Crippen LogP contribution is -2.52. The maximum Gasteiger partial charge on any atom is 0.286 e. The molecule has 4 nitrogen and oxygen atoms in total. The maximum atomic E-state index is 11.2. The molecule has 1 atom stereocenters. The van der Waals surface area contributed by atoms with E-state index in [1.54, 1.807) is 0 Å². The number of carbonyl (C=O) groups is 1. The van der Waals surface area contributed by atoms with E-state index in [0.717, 1.165) is 25.7 Å². The number of hydrogen-bond acceptors (Lipinski definition) is 4. The Morgan fingerprint density at radius 2 is 1.94 bits per heavy atom. The molecule has 0 radical (unpaired) electrons. The average Bonchev–Trinajstić information content (AvgIpc) is 2.34. The van der Waals surface area contributed by atoms with Crippen molar-refractivity contribution < 1.29 is 19.0 Å². The Kier molecular flexibility index (Phi) is 6.09. The molecule has 4 heteroatoms. The quantitative estimate of drug-likeness (QED) is 0.690. The number of hydrogen-bond donors (Lipinski definition) is 0. The van der Waals surface area contributed by atoms with E-state index in [9.17, 15) is 4.79 Å². The van der Waals surface area contributed by atoms with E-state index in [2.05, 4.69) is 13.8 Å². The highest BCUT2D eigenvalue weighted by atomic mass is 16.9. The van der Waals surface area contributed by atoms with Crippen molar-refractivity contribution in [1.82, 2.24) is 0 Å². The largest absolute Gasteiger partial charge is 0.328 e. The summed E-state index contributed by atoms with van der Waals surface area (Å²) in [5.74, 6) is -0.826. The second-order valence-electron chi connectivity index (χ2n) is 4.40. The second-order valence-corrected chi connectivity index (χ2v) is 4.40. The molecule has 1 heterocycles. The zero-order valence-electron chi connectivity index (χ0n) is 11.2. The lowest BCUT2D eigenvalue weighted by Gasteiger charge is -2.41. The molecular formula is C13H24O4. The van der Waals surface area contributed by atoms with Crippen LogP contribution in [-0.4, -0.2) is 31.6 Å². The van der Waals surface area contributed by atoms with E-state index in [1.165, 1.54) is 0 Å². The minimum absolute atomic E-state index is 0.0225. The number of unbranched alkanes of at least 4 members (excludes halogenated alkanes) is 1. The molecule has 1 aliphatic rings. The molecule has 100 valence electrons. The molecule has 0 aliphatic carbocycles. The van der Waals surface area contributed by atoms with Crippen LogP contribution in [0.4, 0.5) is 0 Å². The van der Waals surface area contributed by atoms with Gasteiger partial charge in [0.2, 0.25) is 0 Å². The molecule has 0 aromatic heterocycles. The lowest BCUT2D eigenvalue weighted by atomic mass is 9.96. The molecule has 0 bridgehead atoms. The summed E-state index contributed by atoms with van der Waals surface area (Å²) in [6.07, 6.45) is 4.18. The van der Waals surface area contributed by atoms with Gasteiger partial charge in [-0.2, -0.15) is 0 Å². The zero-order chi connectivity index (χ0) is 12.7. The van der Waals surface area contributed by atoms with Crippen LogP contribution in [0.25, 0.3) is 0 Å². The zero-order valence-corrected chi connectivity index (χ0v) is 11.2. The van der Waals surface area contributed by atoms with Gasteiger partial charge in [-0.05, 0) is 19.8 Å². The maximum absolute atomic E-state index is 11.2. The van der Waals surface area contributed by atoms with Crippen molar-refractivity contribution in [3.8, 4) is 0 Å².